The van der Waals surface area contributed by atoms with E-state index < -0.39 is 9.05 Å². The van der Waals surface area contributed by atoms with Crippen molar-refractivity contribution in [3.8, 4) is 0 Å². The fourth-order valence-corrected chi connectivity index (χ4v) is 2.16. The quantitative estimate of drug-likeness (QED) is 0.847. The maximum atomic E-state index is 11.8. The number of amides is 1. The van der Waals surface area contributed by atoms with Crippen molar-refractivity contribution in [2.75, 3.05) is 6.54 Å². The Hall–Kier alpha value is -1.07. The van der Waals surface area contributed by atoms with Gasteiger partial charge in [0, 0.05) is 22.8 Å². The maximum absolute atomic E-state index is 11.8. The van der Waals surface area contributed by atoms with Crippen molar-refractivity contribution in [2.45, 2.75) is 25.2 Å². The molecule has 0 bridgehead atoms. The van der Waals surface area contributed by atoms with Crippen LogP contribution < -0.4 is 5.32 Å². The lowest BCUT2D eigenvalue weighted by Gasteiger charge is -2.07. The molecule has 1 aromatic carbocycles. The fraction of sp³-hybridized carbons (Fsp3) is 0.417. The molecule has 0 fully saturated rings. The van der Waals surface area contributed by atoms with Gasteiger partial charge in [-0.1, -0.05) is 19.9 Å². The summed E-state index contributed by atoms with van der Waals surface area (Å²) in [6.07, 6.45) is 0.874. The number of rotatable bonds is 5. The Balaban J connectivity index is 2.75. The second-order valence-corrected chi connectivity index (χ2v) is 6.97. The van der Waals surface area contributed by atoms with Gasteiger partial charge >= 0.3 is 0 Å². The topological polar surface area (TPSA) is 63.2 Å². The van der Waals surface area contributed by atoms with Gasteiger partial charge in [0.2, 0.25) is 0 Å². The predicted molar refractivity (Wildman–Crippen MR) is 71.3 cm³/mol. The predicted octanol–water partition coefficient (Wildman–Crippen LogP) is 2.39. The van der Waals surface area contributed by atoms with E-state index in [-0.39, 0.29) is 10.8 Å². The Morgan fingerprint density at radius 2 is 2.06 bits per heavy atom. The molecule has 0 aliphatic heterocycles. The van der Waals surface area contributed by atoms with Gasteiger partial charge in [-0.15, -0.1) is 0 Å². The summed E-state index contributed by atoms with van der Waals surface area (Å²) in [7, 11) is 1.42. The van der Waals surface area contributed by atoms with Crippen molar-refractivity contribution < 1.29 is 13.2 Å². The first kappa shape index (κ1) is 15.0. The molecule has 0 unspecified atom stereocenters. The zero-order chi connectivity index (χ0) is 13.8. The highest BCUT2D eigenvalue weighted by molar-refractivity contribution is 8.13. The van der Waals surface area contributed by atoms with Crippen LogP contribution in [-0.2, 0) is 9.05 Å². The van der Waals surface area contributed by atoms with E-state index in [2.05, 4.69) is 19.2 Å². The fourth-order valence-electron chi connectivity index (χ4n) is 1.37. The van der Waals surface area contributed by atoms with Crippen molar-refractivity contribution in [1.29, 1.82) is 0 Å². The SMILES string of the molecule is CC(C)CCNC(=O)c1cccc(S(=O)(=O)Cl)c1. The molecule has 0 aliphatic rings. The summed E-state index contributed by atoms with van der Waals surface area (Å²) in [5.41, 5.74) is 0.292. The molecule has 6 heteroatoms. The van der Waals surface area contributed by atoms with Crippen molar-refractivity contribution in [3.63, 3.8) is 0 Å². The molecule has 1 amide bonds. The molecule has 0 atom stereocenters. The van der Waals surface area contributed by atoms with Gasteiger partial charge in [0.25, 0.3) is 15.0 Å². The van der Waals surface area contributed by atoms with Gasteiger partial charge in [-0.25, -0.2) is 8.42 Å². The van der Waals surface area contributed by atoms with E-state index in [0.29, 0.717) is 18.0 Å². The van der Waals surface area contributed by atoms with Crippen LogP contribution >= 0.6 is 10.7 Å². The maximum Gasteiger partial charge on any atom is 0.261 e. The van der Waals surface area contributed by atoms with Crippen LogP contribution in [0.2, 0.25) is 0 Å². The second kappa shape index (κ2) is 6.20. The summed E-state index contributed by atoms with van der Waals surface area (Å²) in [5.74, 6) is 0.206. The van der Waals surface area contributed by atoms with Crippen LogP contribution in [0.1, 0.15) is 30.6 Å². The number of benzene rings is 1. The molecule has 0 spiro atoms. The van der Waals surface area contributed by atoms with Crippen molar-refractivity contribution in [1.82, 2.24) is 5.32 Å². The Morgan fingerprint density at radius 3 is 2.61 bits per heavy atom. The van der Waals surface area contributed by atoms with Crippen LogP contribution in [0.25, 0.3) is 0 Å². The number of carbonyl (C=O) groups excluding carboxylic acids is 1. The molecule has 0 radical (unpaired) electrons. The first-order valence-electron chi connectivity index (χ1n) is 5.63. The number of carbonyl (C=O) groups is 1. The van der Waals surface area contributed by atoms with Gasteiger partial charge in [0.05, 0.1) is 4.90 Å². The van der Waals surface area contributed by atoms with Gasteiger partial charge in [0.1, 0.15) is 0 Å². The number of hydrogen-bond donors (Lipinski definition) is 1. The Kier molecular flexibility index (Phi) is 5.16. The molecule has 0 heterocycles. The third kappa shape index (κ3) is 4.66. The average Bonchev–Trinajstić information content (AvgIpc) is 2.27. The van der Waals surface area contributed by atoms with Gasteiger partial charge in [0.15, 0.2) is 0 Å². The summed E-state index contributed by atoms with van der Waals surface area (Å²) >= 11 is 0. The van der Waals surface area contributed by atoms with Crippen molar-refractivity contribution in [2.24, 2.45) is 5.92 Å². The van der Waals surface area contributed by atoms with Gasteiger partial charge < -0.3 is 5.32 Å². The van der Waals surface area contributed by atoms with Crippen molar-refractivity contribution >= 4 is 25.6 Å². The Labute approximate surface area is 112 Å². The van der Waals surface area contributed by atoms with E-state index in [1.165, 1.54) is 18.2 Å². The minimum absolute atomic E-state index is 0.0688. The molecule has 1 aromatic rings. The lowest BCUT2D eigenvalue weighted by Crippen LogP contribution is -2.25. The highest BCUT2D eigenvalue weighted by Crippen LogP contribution is 2.16. The van der Waals surface area contributed by atoms with Crippen LogP contribution in [-0.4, -0.2) is 20.9 Å². The summed E-state index contributed by atoms with van der Waals surface area (Å²) in [6.45, 7) is 4.69. The summed E-state index contributed by atoms with van der Waals surface area (Å²) in [5, 5.41) is 2.73. The minimum Gasteiger partial charge on any atom is -0.352 e. The molecular weight excluding hydrogens is 274 g/mol. The van der Waals surface area contributed by atoms with Crippen LogP contribution in [0.5, 0.6) is 0 Å². The summed E-state index contributed by atoms with van der Waals surface area (Å²) in [4.78, 5) is 11.7. The van der Waals surface area contributed by atoms with E-state index in [1.54, 1.807) is 6.07 Å². The Bertz CT molecular complexity index is 526. The molecular formula is C12H16ClNO3S. The van der Waals surface area contributed by atoms with Crippen molar-refractivity contribution in [3.05, 3.63) is 29.8 Å². The van der Waals surface area contributed by atoms with E-state index in [9.17, 15) is 13.2 Å². The average molecular weight is 290 g/mol. The monoisotopic (exact) mass is 289 g/mol. The van der Waals surface area contributed by atoms with E-state index in [0.717, 1.165) is 6.42 Å². The number of hydrogen-bond acceptors (Lipinski definition) is 3. The van der Waals surface area contributed by atoms with Gasteiger partial charge in [-0.2, -0.15) is 0 Å². The molecule has 0 aliphatic carbocycles. The van der Waals surface area contributed by atoms with Crippen LogP contribution in [0.15, 0.2) is 29.2 Å². The van der Waals surface area contributed by atoms with Crippen LogP contribution in [0, 0.1) is 5.92 Å². The molecule has 100 valence electrons. The lowest BCUT2D eigenvalue weighted by atomic mass is 10.1. The molecule has 0 saturated heterocycles. The first-order chi connectivity index (χ1) is 8.30. The van der Waals surface area contributed by atoms with E-state index in [1.807, 2.05) is 0 Å². The normalized spacial score (nSPS) is 11.6. The standard InChI is InChI=1S/C12H16ClNO3S/c1-9(2)6-7-14-12(15)10-4-3-5-11(8-10)18(13,16)17/h3-5,8-9H,6-7H2,1-2H3,(H,14,15). The molecule has 4 nitrogen and oxygen atoms in total. The zero-order valence-electron chi connectivity index (χ0n) is 10.3. The zero-order valence-corrected chi connectivity index (χ0v) is 11.9. The van der Waals surface area contributed by atoms with Gasteiger partial charge in [-0.05, 0) is 30.5 Å². The molecule has 0 aromatic heterocycles. The Morgan fingerprint density at radius 1 is 1.39 bits per heavy atom. The summed E-state index contributed by atoms with van der Waals surface area (Å²) in [6, 6.07) is 5.67. The lowest BCUT2D eigenvalue weighted by molar-refractivity contribution is 0.0952. The largest absolute Gasteiger partial charge is 0.352 e. The third-order valence-electron chi connectivity index (χ3n) is 2.39. The number of halogens is 1. The van der Waals surface area contributed by atoms with Crippen LogP contribution in [0.4, 0.5) is 0 Å². The minimum atomic E-state index is -3.80. The summed E-state index contributed by atoms with van der Waals surface area (Å²) < 4.78 is 22.3. The highest BCUT2D eigenvalue weighted by atomic mass is 35.7. The van der Waals surface area contributed by atoms with Gasteiger partial charge in [-0.3, -0.25) is 4.79 Å². The highest BCUT2D eigenvalue weighted by Gasteiger charge is 2.13. The third-order valence-corrected chi connectivity index (χ3v) is 3.74. The molecule has 1 N–H and O–H groups in total. The molecule has 18 heavy (non-hydrogen) atoms. The first-order valence-corrected chi connectivity index (χ1v) is 7.94. The molecule has 0 saturated carbocycles. The number of nitrogens with one attached hydrogen (secondary N) is 1. The van der Waals surface area contributed by atoms with Crippen LogP contribution in [0.3, 0.4) is 0 Å². The smallest absolute Gasteiger partial charge is 0.261 e. The molecule has 1 rings (SSSR count). The second-order valence-electron chi connectivity index (χ2n) is 4.40. The van der Waals surface area contributed by atoms with E-state index in [4.69, 9.17) is 10.7 Å². The van der Waals surface area contributed by atoms with E-state index >= 15 is 0 Å².